The van der Waals surface area contributed by atoms with E-state index in [9.17, 15) is 4.79 Å². The van der Waals surface area contributed by atoms with Gasteiger partial charge in [0.25, 0.3) is 0 Å². The number of aromatic nitrogens is 3. The van der Waals surface area contributed by atoms with E-state index in [0.717, 1.165) is 30.9 Å². The van der Waals surface area contributed by atoms with Gasteiger partial charge < -0.3 is 21.1 Å². The first-order valence-electron chi connectivity index (χ1n) is 11.2. The van der Waals surface area contributed by atoms with Gasteiger partial charge in [-0.2, -0.15) is 5.10 Å². The van der Waals surface area contributed by atoms with Crippen molar-refractivity contribution in [1.29, 1.82) is 0 Å². The van der Waals surface area contributed by atoms with E-state index in [1.165, 1.54) is 24.5 Å². The van der Waals surface area contributed by atoms with Crippen molar-refractivity contribution in [1.82, 2.24) is 19.5 Å². The molecule has 0 atom stereocenters. The summed E-state index contributed by atoms with van der Waals surface area (Å²) in [6.07, 6.45) is 1.31. The number of urea groups is 1. The number of hydrogen-bond donors (Lipinski definition) is 3. The number of halogens is 4. The van der Waals surface area contributed by atoms with E-state index in [1.54, 1.807) is 10.6 Å². The summed E-state index contributed by atoms with van der Waals surface area (Å²) >= 11 is 11.8. The van der Waals surface area contributed by atoms with Crippen LogP contribution in [0.1, 0.15) is 5.69 Å². The Morgan fingerprint density at radius 2 is 1.81 bits per heavy atom. The molecule has 5 rings (SSSR count). The maximum absolute atomic E-state index is 15.3. The van der Waals surface area contributed by atoms with Crippen molar-refractivity contribution in [2.75, 3.05) is 42.7 Å². The van der Waals surface area contributed by atoms with E-state index in [2.05, 4.69) is 25.6 Å². The molecule has 9 nitrogen and oxygen atoms in total. The lowest BCUT2D eigenvalue weighted by atomic mass is 10.0. The second-order valence-corrected chi connectivity index (χ2v) is 9.18. The lowest BCUT2D eigenvalue weighted by Crippen LogP contribution is -2.36. The third-order valence-corrected chi connectivity index (χ3v) is 6.66. The quantitative estimate of drug-likeness (QED) is 0.323. The molecular weight excluding hydrogens is 527 g/mol. The maximum Gasteiger partial charge on any atom is 0.323 e. The van der Waals surface area contributed by atoms with Crippen LogP contribution in [0.15, 0.2) is 42.7 Å². The number of benzene rings is 2. The number of hydrogen-bond acceptors (Lipinski definition) is 6. The van der Waals surface area contributed by atoms with Gasteiger partial charge in [-0.1, -0.05) is 23.2 Å². The van der Waals surface area contributed by atoms with Crippen molar-refractivity contribution < 1.29 is 18.3 Å². The summed E-state index contributed by atoms with van der Waals surface area (Å²) in [5.41, 5.74) is 7.49. The van der Waals surface area contributed by atoms with E-state index in [4.69, 9.17) is 33.7 Å². The highest BCUT2D eigenvalue weighted by molar-refractivity contribution is 6.42. The van der Waals surface area contributed by atoms with Crippen molar-refractivity contribution in [2.45, 2.75) is 6.54 Å². The van der Waals surface area contributed by atoms with Crippen LogP contribution in [-0.2, 0) is 11.3 Å². The number of fused-ring (bicyclic) bond motifs is 1. The molecule has 37 heavy (non-hydrogen) atoms. The first kappa shape index (κ1) is 25.2. The van der Waals surface area contributed by atoms with Crippen molar-refractivity contribution in [3.8, 4) is 11.1 Å². The second-order valence-electron chi connectivity index (χ2n) is 8.36. The molecule has 0 spiro atoms. The van der Waals surface area contributed by atoms with Crippen LogP contribution in [0, 0.1) is 11.6 Å². The summed E-state index contributed by atoms with van der Waals surface area (Å²) in [7, 11) is 0. The zero-order valence-electron chi connectivity index (χ0n) is 19.3. The number of morpholine rings is 1. The molecule has 192 valence electrons. The number of ether oxygens (including phenoxy) is 1. The van der Waals surface area contributed by atoms with Crippen molar-refractivity contribution in [3.05, 3.63) is 70.1 Å². The van der Waals surface area contributed by atoms with Crippen LogP contribution in [0.5, 0.6) is 0 Å². The molecule has 1 fully saturated rings. The van der Waals surface area contributed by atoms with E-state index in [1.807, 2.05) is 0 Å². The Morgan fingerprint density at radius 1 is 1.03 bits per heavy atom. The fraction of sp³-hybridized carbons (Fsp3) is 0.208. The molecule has 0 unspecified atom stereocenters. The van der Waals surface area contributed by atoms with Gasteiger partial charge in [0.15, 0.2) is 5.82 Å². The van der Waals surface area contributed by atoms with Crippen molar-refractivity contribution in [2.24, 2.45) is 0 Å². The summed E-state index contributed by atoms with van der Waals surface area (Å²) in [5.74, 6) is -1.48. The third-order valence-electron chi connectivity index (χ3n) is 5.92. The molecule has 2 amide bonds. The Bertz CT molecular complexity index is 1490. The van der Waals surface area contributed by atoms with Gasteiger partial charge in [-0.05, 0) is 30.3 Å². The number of anilines is 3. The number of amides is 2. The molecule has 1 saturated heterocycles. The molecule has 2 aromatic heterocycles. The summed E-state index contributed by atoms with van der Waals surface area (Å²) in [6, 6.07) is 7.30. The van der Waals surface area contributed by atoms with E-state index in [0.29, 0.717) is 41.5 Å². The zero-order valence-corrected chi connectivity index (χ0v) is 20.8. The maximum atomic E-state index is 15.3. The van der Waals surface area contributed by atoms with Gasteiger partial charge in [0.2, 0.25) is 0 Å². The van der Waals surface area contributed by atoms with Crippen LogP contribution in [0.4, 0.5) is 30.8 Å². The zero-order chi connectivity index (χ0) is 26.1. The Balaban J connectivity index is 1.44. The Hall–Kier alpha value is -3.51. The van der Waals surface area contributed by atoms with E-state index in [-0.39, 0.29) is 22.1 Å². The molecule has 0 bridgehead atoms. The largest absolute Gasteiger partial charge is 0.382 e. The lowest BCUT2D eigenvalue weighted by molar-refractivity contribution is 0.0334. The van der Waals surface area contributed by atoms with Crippen LogP contribution in [0.2, 0.25) is 10.0 Å². The van der Waals surface area contributed by atoms with Gasteiger partial charge in [0, 0.05) is 42.5 Å². The van der Waals surface area contributed by atoms with Crippen molar-refractivity contribution >= 4 is 51.9 Å². The number of nitrogen functional groups attached to an aromatic ring is 1. The molecule has 0 radical (unpaired) electrons. The van der Waals surface area contributed by atoms with Gasteiger partial charge in [0.05, 0.1) is 34.6 Å². The van der Waals surface area contributed by atoms with Crippen LogP contribution in [0.3, 0.4) is 0 Å². The van der Waals surface area contributed by atoms with Gasteiger partial charge >= 0.3 is 6.03 Å². The number of nitrogens with two attached hydrogens (primary N) is 1. The van der Waals surface area contributed by atoms with Gasteiger partial charge in [-0.25, -0.2) is 23.1 Å². The highest BCUT2D eigenvalue weighted by Gasteiger charge is 2.22. The smallest absolute Gasteiger partial charge is 0.323 e. The number of carbonyl (C=O) groups excluding carboxylic acids is 1. The average Bonchev–Trinajstić information content (AvgIpc) is 3.23. The average molecular weight is 548 g/mol. The molecule has 4 N–H and O–H groups in total. The minimum absolute atomic E-state index is 0.0415. The van der Waals surface area contributed by atoms with Crippen LogP contribution < -0.4 is 16.4 Å². The molecule has 13 heteroatoms. The van der Waals surface area contributed by atoms with Crippen LogP contribution >= 0.6 is 23.2 Å². The van der Waals surface area contributed by atoms with Crippen molar-refractivity contribution in [3.63, 3.8) is 0 Å². The summed E-state index contributed by atoms with van der Waals surface area (Å²) in [4.78, 5) is 18.6. The fourth-order valence-corrected chi connectivity index (χ4v) is 4.44. The monoisotopic (exact) mass is 547 g/mol. The number of nitrogens with one attached hydrogen (secondary N) is 2. The normalized spacial score (nSPS) is 14.2. The summed E-state index contributed by atoms with van der Waals surface area (Å²) in [5, 5.41) is 9.63. The van der Waals surface area contributed by atoms with E-state index >= 15 is 8.78 Å². The molecule has 0 saturated carbocycles. The first-order valence-corrected chi connectivity index (χ1v) is 12.0. The Labute approximate surface area is 220 Å². The molecule has 3 heterocycles. The molecular formula is C24H21Cl2F2N7O2. The summed E-state index contributed by atoms with van der Waals surface area (Å²) < 4.78 is 37.4. The number of rotatable bonds is 5. The van der Waals surface area contributed by atoms with Crippen LogP contribution in [-0.4, -0.2) is 51.8 Å². The SMILES string of the molecule is Nc1ncnn2c(CN3CCOCC3)cc(-c3cc(F)c(NC(=O)Nc4ccc(Cl)c(Cl)c4)cc3F)c12. The molecule has 1 aliphatic rings. The fourth-order valence-electron chi connectivity index (χ4n) is 4.15. The minimum atomic E-state index is -0.842. The minimum Gasteiger partial charge on any atom is -0.382 e. The molecule has 1 aliphatic heterocycles. The van der Waals surface area contributed by atoms with Gasteiger partial charge in [0.1, 0.15) is 23.5 Å². The number of nitrogens with zero attached hydrogens (tertiary/aromatic N) is 4. The number of carbonyl (C=O) groups is 1. The predicted octanol–water partition coefficient (Wildman–Crippen LogP) is 5.04. The highest BCUT2D eigenvalue weighted by atomic mass is 35.5. The van der Waals surface area contributed by atoms with E-state index < -0.39 is 17.7 Å². The lowest BCUT2D eigenvalue weighted by Gasteiger charge is -2.26. The predicted molar refractivity (Wildman–Crippen MR) is 138 cm³/mol. The second kappa shape index (κ2) is 10.5. The first-order chi connectivity index (χ1) is 17.8. The molecule has 4 aromatic rings. The summed E-state index contributed by atoms with van der Waals surface area (Å²) in [6.45, 7) is 3.20. The Morgan fingerprint density at radius 3 is 2.57 bits per heavy atom. The van der Waals surface area contributed by atoms with Gasteiger partial charge in [-0.15, -0.1) is 0 Å². The van der Waals surface area contributed by atoms with Gasteiger partial charge in [-0.3, -0.25) is 4.90 Å². The molecule has 2 aromatic carbocycles. The highest BCUT2D eigenvalue weighted by Crippen LogP contribution is 2.35. The molecule has 0 aliphatic carbocycles. The Kier molecular flexibility index (Phi) is 7.11. The third kappa shape index (κ3) is 5.30. The topological polar surface area (TPSA) is 110 Å². The standard InChI is InChI=1S/C24H21Cl2F2N7O2/c25-17-2-1-13(7-18(17)26)32-24(36)33-21-10-19(27)15(9-20(21)28)16-8-14(11-34-3-5-37-6-4-34)35-22(16)23(29)30-12-31-35/h1-2,7-10,12H,3-6,11H2,(H2,29,30,31)(H2,32,33,36). The van der Waals surface area contributed by atoms with Crippen LogP contribution in [0.25, 0.3) is 16.6 Å².